The SMILES string of the molecule is C=CCCN=Cc1cc(Cl)ccc1NC(=O)OC(C)(C)C. The van der Waals surface area contributed by atoms with Gasteiger partial charge in [0.05, 0.1) is 5.69 Å². The maximum absolute atomic E-state index is 11.8. The molecule has 5 heteroatoms. The molecule has 0 bridgehead atoms. The second kappa shape index (κ2) is 7.84. The minimum Gasteiger partial charge on any atom is -0.444 e. The Kier molecular flexibility index (Phi) is 6.43. The fourth-order valence-corrected chi connectivity index (χ4v) is 1.68. The quantitative estimate of drug-likeness (QED) is 0.487. The number of carbonyl (C=O) groups is 1. The molecule has 0 fully saturated rings. The molecule has 1 amide bonds. The Morgan fingerprint density at radius 3 is 2.81 bits per heavy atom. The molecule has 114 valence electrons. The van der Waals surface area contributed by atoms with E-state index in [9.17, 15) is 4.79 Å². The summed E-state index contributed by atoms with van der Waals surface area (Å²) in [5, 5.41) is 3.28. The van der Waals surface area contributed by atoms with Crippen molar-refractivity contribution in [3.8, 4) is 0 Å². The van der Waals surface area contributed by atoms with Gasteiger partial charge >= 0.3 is 6.09 Å². The maximum atomic E-state index is 11.8. The fourth-order valence-electron chi connectivity index (χ4n) is 1.50. The molecular weight excluding hydrogens is 288 g/mol. The molecule has 0 aliphatic rings. The van der Waals surface area contributed by atoms with E-state index in [1.54, 1.807) is 30.5 Å². The van der Waals surface area contributed by atoms with Crippen LogP contribution in [-0.4, -0.2) is 24.5 Å². The minimum atomic E-state index is -0.547. The standard InChI is InChI=1S/C16H21ClN2O2/c1-5-6-9-18-11-12-10-13(17)7-8-14(12)19-15(20)21-16(2,3)4/h5,7-8,10-11H,1,6,9H2,2-4H3,(H,19,20). The van der Waals surface area contributed by atoms with Crippen molar-refractivity contribution >= 4 is 29.6 Å². The average molecular weight is 309 g/mol. The van der Waals surface area contributed by atoms with E-state index in [-0.39, 0.29) is 0 Å². The molecule has 0 saturated carbocycles. The van der Waals surface area contributed by atoms with Crippen LogP contribution in [0.1, 0.15) is 32.8 Å². The lowest BCUT2D eigenvalue weighted by molar-refractivity contribution is 0.0636. The molecule has 0 unspecified atom stereocenters. The molecule has 0 aliphatic carbocycles. The summed E-state index contributed by atoms with van der Waals surface area (Å²) in [6, 6.07) is 5.17. The van der Waals surface area contributed by atoms with Gasteiger partial charge in [-0.05, 0) is 45.4 Å². The zero-order chi connectivity index (χ0) is 15.9. The number of amides is 1. The van der Waals surface area contributed by atoms with Crippen LogP contribution in [0, 0.1) is 0 Å². The second-order valence-electron chi connectivity index (χ2n) is 5.47. The van der Waals surface area contributed by atoms with Gasteiger partial charge in [0.1, 0.15) is 5.60 Å². The first kappa shape index (κ1) is 17.2. The fraction of sp³-hybridized carbons (Fsp3) is 0.375. The summed E-state index contributed by atoms with van der Waals surface area (Å²) in [5.74, 6) is 0. The van der Waals surface area contributed by atoms with Crippen LogP contribution in [0.25, 0.3) is 0 Å². The van der Waals surface area contributed by atoms with E-state index in [1.165, 1.54) is 0 Å². The van der Waals surface area contributed by atoms with Crippen molar-refractivity contribution in [3.05, 3.63) is 41.4 Å². The molecule has 0 aliphatic heterocycles. The summed E-state index contributed by atoms with van der Waals surface area (Å²) in [7, 11) is 0. The van der Waals surface area contributed by atoms with Crippen molar-refractivity contribution < 1.29 is 9.53 Å². The number of nitrogens with zero attached hydrogens (tertiary/aromatic N) is 1. The molecule has 0 radical (unpaired) electrons. The zero-order valence-corrected chi connectivity index (χ0v) is 13.4. The van der Waals surface area contributed by atoms with Crippen molar-refractivity contribution in [1.82, 2.24) is 0 Å². The molecular formula is C16H21ClN2O2. The Morgan fingerprint density at radius 2 is 2.19 bits per heavy atom. The van der Waals surface area contributed by atoms with Gasteiger partial charge in [0, 0.05) is 23.3 Å². The second-order valence-corrected chi connectivity index (χ2v) is 5.91. The van der Waals surface area contributed by atoms with Crippen molar-refractivity contribution in [2.75, 3.05) is 11.9 Å². The van der Waals surface area contributed by atoms with Gasteiger partial charge in [-0.1, -0.05) is 17.7 Å². The smallest absolute Gasteiger partial charge is 0.412 e. The van der Waals surface area contributed by atoms with Gasteiger partial charge in [-0.15, -0.1) is 6.58 Å². The third kappa shape index (κ3) is 6.95. The van der Waals surface area contributed by atoms with Crippen LogP contribution in [0.5, 0.6) is 0 Å². The highest BCUT2D eigenvalue weighted by atomic mass is 35.5. The van der Waals surface area contributed by atoms with Crippen molar-refractivity contribution in [2.45, 2.75) is 32.8 Å². The van der Waals surface area contributed by atoms with Crippen LogP contribution in [0.15, 0.2) is 35.8 Å². The van der Waals surface area contributed by atoms with Crippen LogP contribution < -0.4 is 5.32 Å². The van der Waals surface area contributed by atoms with Gasteiger partial charge in [0.15, 0.2) is 0 Å². The van der Waals surface area contributed by atoms with Crippen LogP contribution in [0.2, 0.25) is 5.02 Å². The van der Waals surface area contributed by atoms with Gasteiger partial charge in [0.25, 0.3) is 0 Å². The van der Waals surface area contributed by atoms with E-state index >= 15 is 0 Å². The van der Waals surface area contributed by atoms with Gasteiger partial charge in [-0.3, -0.25) is 10.3 Å². The topological polar surface area (TPSA) is 50.7 Å². The molecule has 21 heavy (non-hydrogen) atoms. The minimum absolute atomic E-state index is 0.509. The molecule has 1 aromatic carbocycles. The number of hydrogen-bond donors (Lipinski definition) is 1. The van der Waals surface area contributed by atoms with E-state index in [0.717, 1.165) is 12.0 Å². The summed E-state index contributed by atoms with van der Waals surface area (Å²) < 4.78 is 5.23. The van der Waals surface area contributed by atoms with Gasteiger partial charge in [0.2, 0.25) is 0 Å². The highest BCUT2D eigenvalue weighted by Crippen LogP contribution is 2.20. The lowest BCUT2D eigenvalue weighted by Gasteiger charge is -2.20. The van der Waals surface area contributed by atoms with Crippen molar-refractivity contribution in [3.63, 3.8) is 0 Å². The Bertz CT molecular complexity index is 534. The predicted octanol–water partition coefficient (Wildman–Crippen LogP) is 4.68. The highest BCUT2D eigenvalue weighted by Gasteiger charge is 2.17. The number of aliphatic imine (C=N–C) groups is 1. The maximum Gasteiger partial charge on any atom is 0.412 e. The summed E-state index contributed by atoms with van der Waals surface area (Å²) in [4.78, 5) is 16.1. The number of benzene rings is 1. The van der Waals surface area contributed by atoms with E-state index in [4.69, 9.17) is 16.3 Å². The highest BCUT2D eigenvalue weighted by molar-refractivity contribution is 6.31. The summed E-state index contributed by atoms with van der Waals surface area (Å²) in [6.45, 7) is 9.72. The van der Waals surface area contributed by atoms with E-state index in [0.29, 0.717) is 17.3 Å². The summed E-state index contributed by atoms with van der Waals surface area (Å²) >= 11 is 5.98. The molecule has 0 spiro atoms. The predicted molar refractivity (Wildman–Crippen MR) is 88.6 cm³/mol. The molecule has 1 N–H and O–H groups in total. The largest absolute Gasteiger partial charge is 0.444 e. The van der Waals surface area contributed by atoms with Gasteiger partial charge in [-0.25, -0.2) is 4.79 Å². The molecule has 0 heterocycles. The third-order valence-electron chi connectivity index (χ3n) is 2.34. The van der Waals surface area contributed by atoms with Gasteiger partial charge in [-0.2, -0.15) is 0 Å². The summed E-state index contributed by atoms with van der Waals surface area (Å²) in [6.07, 6.45) is 3.77. The first-order valence-corrected chi connectivity index (χ1v) is 7.10. The van der Waals surface area contributed by atoms with Crippen molar-refractivity contribution in [2.24, 2.45) is 4.99 Å². The Balaban J connectivity index is 2.83. The van der Waals surface area contributed by atoms with Gasteiger partial charge < -0.3 is 4.74 Å². The van der Waals surface area contributed by atoms with Crippen molar-refractivity contribution in [1.29, 1.82) is 0 Å². The molecule has 0 saturated heterocycles. The third-order valence-corrected chi connectivity index (χ3v) is 2.58. The van der Waals surface area contributed by atoms with E-state index in [2.05, 4.69) is 16.9 Å². The Hall–Kier alpha value is -1.81. The number of nitrogens with one attached hydrogen (secondary N) is 1. The Morgan fingerprint density at radius 1 is 1.48 bits per heavy atom. The molecule has 1 aromatic rings. The van der Waals surface area contributed by atoms with Crippen LogP contribution in [-0.2, 0) is 4.74 Å². The Labute approximate surface area is 130 Å². The number of ether oxygens (including phenoxy) is 1. The number of carbonyl (C=O) groups excluding carboxylic acids is 1. The molecule has 4 nitrogen and oxygen atoms in total. The molecule has 0 aromatic heterocycles. The normalized spacial score (nSPS) is 11.4. The van der Waals surface area contributed by atoms with E-state index in [1.807, 2.05) is 20.8 Å². The molecule has 1 rings (SSSR count). The van der Waals surface area contributed by atoms with Crippen LogP contribution in [0.3, 0.4) is 0 Å². The van der Waals surface area contributed by atoms with E-state index < -0.39 is 11.7 Å². The first-order chi connectivity index (χ1) is 9.81. The van der Waals surface area contributed by atoms with Crippen LogP contribution >= 0.6 is 11.6 Å². The average Bonchev–Trinajstić information content (AvgIpc) is 2.35. The number of anilines is 1. The molecule has 0 atom stereocenters. The first-order valence-electron chi connectivity index (χ1n) is 6.72. The summed E-state index contributed by atoms with van der Waals surface area (Å²) in [5.41, 5.74) is 0.794. The van der Waals surface area contributed by atoms with Crippen LogP contribution in [0.4, 0.5) is 10.5 Å². The number of halogens is 1. The lowest BCUT2D eigenvalue weighted by Crippen LogP contribution is -2.27. The number of rotatable bonds is 5. The zero-order valence-electron chi connectivity index (χ0n) is 12.6. The number of hydrogen-bond acceptors (Lipinski definition) is 3. The monoisotopic (exact) mass is 308 g/mol. The lowest BCUT2D eigenvalue weighted by atomic mass is 10.2.